The monoisotopic (exact) mass is 376 g/mol. The van der Waals surface area contributed by atoms with Crippen molar-refractivity contribution in [3.63, 3.8) is 0 Å². The second-order valence-electron chi connectivity index (χ2n) is 6.77. The van der Waals surface area contributed by atoms with E-state index >= 15 is 0 Å². The van der Waals surface area contributed by atoms with Crippen LogP contribution in [0.1, 0.15) is 41.4 Å². The summed E-state index contributed by atoms with van der Waals surface area (Å²) >= 11 is 0. The van der Waals surface area contributed by atoms with Crippen molar-refractivity contribution in [2.24, 2.45) is 0 Å². The molecule has 0 unspecified atom stereocenters. The van der Waals surface area contributed by atoms with Crippen LogP contribution < -0.4 is 5.32 Å². The fourth-order valence-electron chi connectivity index (χ4n) is 3.43. The Bertz CT molecular complexity index is 857. The first-order valence-corrected chi connectivity index (χ1v) is 9.84. The molecule has 0 aliphatic carbocycles. The fraction of sp³-hybridized carbons (Fsp3) is 0.304. The highest BCUT2D eigenvalue weighted by Crippen LogP contribution is 2.19. The van der Waals surface area contributed by atoms with Gasteiger partial charge in [-0.05, 0) is 24.2 Å². The number of amides is 1. The molecule has 28 heavy (non-hydrogen) atoms. The van der Waals surface area contributed by atoms with E-state index in [9.17, 15) is 4.79 Å². The van der Waals surface area contributed by atoms with Crippen molar-refractivity contribution in [1.29, 1.82) is 0 Å². The number of nitrogens with zero attached hydrogens (tertiary/aromatic N) is 3. The van der Waals surface area contributed by atoms with Crippen LogP contribution in [0.4, 0.5) is 0 Å². The Balaban J connectivity index is 1.64. The zero-order valence-electron chi connectivity index (χ0n) is 16.6. The molecule has 1 atom stereocenters. The van der Waals surface area contributed by atoms with Gasteiger partial charge in [-0.1, -0.05) is 74.5 Å². The zero-order chi connectivity index (χ0) is 19.8. The Labute approximate surface area is 167 Å². The van der Waals surface area contributed by atoms with Gasteiger partial charge in [-0.15, -0.1) is 0 Å². The summed E-state index contributed by atoms with van der Waals surface area (Å²) in [5, 5.41) is 7.42. The van der Waals surface area contributed by atoms with E-state index < -0.39 is 0 Å². The van der Waals surface area contributed by atoms with Crippen molar-refractivity contribution in [2.75, 3.05) is 19.6 Å². The number of benzene rings is 2. The van der Waals surface area contributed by atoms with E-state index in [1.165, 1.54) is 5.56 Å². The molecule has 0 aliphatic rings. The standard InChI is InChI=1S/C23H28N4O/c1-3-26(4-2)22(20-13-9-6-10-14-20)16-24-23(28)21-15-25-27(18-21)17-19-11-7-5-8-12-19/h5-15,18,22H,3-4,16-17H2,1-2H3,(H,24,28)/t22-/m1/s1. The van der Waals surface area contributed by atoms with Crippen molar-refractivity contribution in [1.82, 2.24) is 20.0 Å². The molecule has 3 rings (SSSR count). The molecule has 0 saturated carbocycles. The van der Waals surface area contributed by atoms with Crippen LogP contribution in [-0.4, -0.2) is 40.2 Å². The molecule has 0 fully saturated rings. The third-order valence-corrected chi connectivity index (χ3v) is 4.98. The quantitative estimate of drug-likeness (QED) is 0.619. The molecular weight excluding hydrogens is 348 g/mol. The highest BCUT2D eigenvalue weighted by Gasteiger charge is 2.19. The molecule has 3 aromatic rings. The Morgan fingerprint density at radius 1 is 1.04 bits per heavy atom. The van der Waals surface area contributed by atoms with Crippen LogP contribution in [0.25, 0.3) is 0 Å². The molecule has 1 N–H and O–H groups in total. The maximum absolute atomic E-state index is 12.7. The first-order chi connectivity index (χ1) is 13.7. The average Bonchev–Trinajstić information content (AvgIpc) is 3.21. The summed E-state index contributed by atoms with van der Waals surface area (Å²) in [6, 6.07) is 20.6. The van der Waals surface area contributed by atoms with E-state index in [1.807, 2.05) is 36.4 Å². The number of carbonyl (C=O) groups is 1. The summed E-state index contributed by atoms with van der Waals surface area (Å²) in [5.41, 5.74) is 2.96. The van der Waals surface area contributed by atoms with Gasteiger partial charge < -0.3 is 5.32 Å². The summed E-state index contributed by atoms with van der Waals surface area (Å²) in [5.74, 6) is -0.0904. The van der Waals surface area contributed by atoms with Gasteiger partial charge in [-0.2, -0.15) is 5.10 Å². The molecule has 2 aromatic carbocycles. The number of hydrogen-bond acceptors (Lipinski definition) is 3. The summed E-state index contributed by atoms with van der Waals surface area (Å²) in [6.07, 6.45) is 3.43. The summed E-state index contributed by atoms with van der Waals surface area (Å²) in [7, 11) is 0. The van der Waals surface area contributed by atoms with Gasteiger partial charge in [0.15, 0.2) is 0 Å². The normalized spacial score (nSPS) is 12.1. The van der Waals surface area contributed by atoms with Crippen LogP contribution in [0.5, 0.6) is 0 Å². The Hall–Kier alpha value is -2.92. The molecular formula is C23H28N4O. The first kappa shape index (κ1) is 19.8. The number of rotatable bonds is 9. The molecule has 1 heterocycles. The molecule has 5 heteroatoms. The minimum Gasteiger partial charge on any atom is -0.350 e. The molecule has 0 bridgehead atoms. The van der Waals surface area contributed by atoms with Crippen molar-refractivity contribution in [3.8, 4) is 0 Å². The molecule has 146 valence electrons. The van der Waals surface area contributed by atoms with Gasteiger partial charge >= 0.3 is 0 Å². The summed E-state index contributed by atoms with van der Waals surface area (Å²) in [6.45, 7) is 7.38. The predicted octanol–water partition coefficient (Wildman–Crippen LogP) is 3.74. The Morgan fingerprint density at radius 3 is 2.32 bits per heavy atom. The van der Waals surface area contributed by atoms with E-state index in [1.54, 1.807) is 17.1 Å². The fourth-order valence-corrected chi connectivity index (χ4v) is 3.43. The van der Waals surface area contributed by atoms with Crippen LogP contribution in [0.3, 0.4) is 0 Å². The van der Waals surface area contributed by atoms with Crippen molar-refractivity contribution in [2.45, 2.75) is 26.4 Å². The average molecular weight is 377 g/mol. The van der Waals surface area contributed by atoms with Crippen LogP contribution in [-0.2, 0) is 6.54 Å². The van der Waals surface area contributed by atoms with E-state index in [0.29, 0.717) is 18.7 Å². The van der Waals surface area contributed by atoms with Gasteiger partial charge in [0.2, 0.25) is 0 Å². The number of carbonyl (C=O) groups excluding carboxylic acids is 1. The minimum absolute atomic E-state index is 0.0904. The topological polar surface area (TPSA) is 50.2 Å². The lowest BCUT2D eigenvalue weighted by atomic mass is 10.0. The smallest absolute Gasteiger partial charge is 0.254 e. The van der Waals surface area contributed by atoms with E-state index in [-0.39, 0.29) is 11.9 Å². The van der Waals surface area contributed by atoms with Crippen molar-refractivity contribution in [3.05, 3.63) is 89.7 Å². The van der Waals surface area contributed by atoms with E-state index in [4.69, 9.17) is 0 Å². The van der Waals surface area contributed by atoms with Crippen LogP contribution in [0.15, 0.2) is 73.1 Å². The molecule has 0 radical (unpaired) electrons. The molecule has 1 amide bonds. The van der Waals surface area contributed by atoms with Gasteiger partial charge in [0.25, 0.3) is 5.91 Å². The Kier molecular flexibility index (Phi) is 6.98. The van der Waals surface area contributed by atoms with Gasteiger partial charge in [0, 0.05) is 12.7 Å². The molecule has 0 aliphatic heterocycles. The maximum Gasteiger partial charge on any atom is 0.254 e. The SMILES string of the molecule is CCN(CC)[C@H](CNC(=O)c1cnn(Cc2ccccc2)c1)c1ccccc1. The van der Waals surface area contributed by atoms with Gasteiger partial charge in [0.1, 0.15) is 0 Å². The number of nitrogens with one attached hydrogen (secondary N) is 1. The zero-order valence-corrected chi connectivity index (χ0v) is 16.6. The summed E-state index contributed by atoms with van der Waals surface area (Å²) < 4.78 is 1.79. The number of hydrogen-bond donors (Lipinski definition) is 1. The molecule has 0 spiro atoms. The molecule has 0 saturated heterocycles. The maximum atomic E-state index is 12.7. The second kappa shape index (κ2) is 9.85. The number of aromatic nitrogens is 2. The van der Waals surface area contributed by atoms with Crippen molar-refractivity contribution < 1.29 is 4.79 Å². The first-order valence-electron chi connectivity index (χ1n) is 9.84. The third-order valence-electron chi connectivity index (χ3n) is 4.98. The van der Waals surface area contributed by atoms with Crippen molar-refractivity contribution >= 4 is 5.91 Å². The molecule has 1 aromatic heterocycles. The van der Waals surface area contributed by atoms with Gasteiger partial charge in [-0.25, -0.2) is 0 Å². The highest BCUT2D eigenvalue weighted by atomic mass is 16.1. The van der Waals surface area contributed by atoms with Crippen LogP contribution in [0.2, 0.25) is 0 Å². The summed E-state index contributed by atoms with van der Waals surface area (Å²) in [4.78, 5) is 15.0. The lowest BCUT2D eigenvalue weighted by Crippen LogP contribution is -2.38. The van der Waals surface area contributed by atoms with E-state index in [2.05, 4.69) is 53.4 Å². The predicted molar refractivity (Wildman–Crippen MR) is 112 cm³/mol. The van der Waals surface area contributed by atoms with Crippen LogP contribution in [0, 0.1) is 0 Å². The van der Waals surface area contributed by atoms with Crippen LogP contribution >= 0.6 is 0 Å². The largest absolute Gasteiger partial charge is 0.350 e. The Morgan fingerprint density at radius 2 is 1.68 bits per heavy atom. The molecule has 5 nitrogen and oxygen atoms in total. The number of likely N-dealkylation sites (N-methyl/N-ethyl adjacent to an activating group) is 1. The third kappa shape index (κ3) is 5.08. The van der Waals surface area contributed by atoms with Gasteiger partial charge in [-0.3, -0.25) is 14.4 Å². The highest BCUT2D eigenvalue weighted by molar-refractivity contribution is 5.93. The lowest BCUT2D eigenvalue weighted by Gasteiger charge is -2.30. The lowest BCUT2D eigenvalue weighted by molar-refractivity contribution is 0.0935. The second-order valence-corrected chi connectivity index (χ2v) is 6.77. The van der Waals surface area contributed by atoms with Gasteiger partial charge in [0.05, 0.1) is 24.3 Å². The minimum atomic E-state index is -0.0904. The van der Waals surface area contributed by atoms with E-state index in [0.717, 1.165) is 18.7 Å².